The molecule has 3 heteroatoms. The van der Waals surface area contributed by atoms with Gasteiger partial charge in [-0.25, -0.2) is 4.39 Å². The van der Waals surface area contributed by atoms with E-state index in [2.05, 4.69) is 5.32 Å². The van der Waals surface area contributed by atoms with Crippen molar-refractivity contribution in [3.05, 3.63) is 0 Å². The molecule has 0 aromatic rings. The Balaban J connectivity index is 2.50. The Labute approximate surface area is 53.4 Å². The molecule has 1 aliphatic heterocycles. The highest BCUT2D eigenvalue weighted by Gasteiger charge is 2.31. The fourth-order valence-corrected chi connectivity index (χ4v) is 1.02. The van der Waals surface area contributed by atoms with Gasteiger partial charge in [-0.05, 0) is 0 Å². The Kier molecular flexibility index (Phi) is 1.81. The molecule has 3 unspecified atom stereocenters. The monoisotopic (exact) mass is 131 g/mol. The third-order valence-corrected chi connectivity index (χ3v) is 1.83. The van der Waals surface area contributed by atoms with E-state index in [0.717, 1.165) is 6.29 Å². The number of rotatable bonds is 1. The van der Waals surface area contributed by atoms with Gasteiger partial charge in [-0.15, -0.1) is 0 Å². The van der Waals surface area contributed by atoms with E-state index in [1.165, 1.54) is 0 Å². The Hall–Kier alpha value is -0.440. The first kappa shape index (κ1) is 6.68. The van der Waals surface area contributed by atoms with Crippen LogP contribution < -0.4 is 5.32 Å². The molecule has 0 saturated carbocycles. The van der Waals surface area contributed by atoms with E-state index in [1.54, 1.807) is 6.92 Å². The molecule has 1 heterocycles. The van der Waals surface area contributed by atoms with E-state index >= 15 is 0 Å². The van der Waals surface area contributed by atoms with Crippen LogP contribution in [0.4, 0.5) is 4.39 Å². The Bertz CT molecular complexity index is 118. The van der Waals surface area contributed by atoms with E-state index < -0.39 is 6.17 Å². The molecule has 0 bridgehead atoms. The number of hydrogen-bond acceptors (Lipinski definition) is 2. The maximum Gasteiger partial charge on any atom is 0.137 e. The molecule has 0 spiro atoms. The molecule has 1 fully saturated rings. The smallest absolute Gasteiger partial charge is 0.137 e. The van der Waals surface area contributed by atoms with Crippen LogP contribution in [0.15, 0.2) is 0 Å². The summed E-state index contributed by atoms with van der Waals surface area (Å²) in [5, 5.41) is 2.76. The van der Waals surface area contributed by atoms with Gasteiger partial charge in [0.25, 0.3) is 0 Å². The van der Waals surface area contributed by atoms with Crippen LogP contribution in [0.1, 0.15) is 6.92 Å². The van der Waals surface area contributed by atoms with Crippen molar-refractivity contribution in [3.8, 4) is 0 Å². The summed E-state index contributed by atoms with van der Waals surface area (Å²) >= 11 is 0. The first-order valence-electron chi connectivity index (χ1n) is 3.08. The molecule has 0 amide bonds. The summed E-state index contributed by atoms with van der Waals surface area (Å²) in [4.78, 5) is 10.1. The SMILES string of the molecule is CC1C(F)CNC1C=O. The van der Waals surface area contributed by atoms with Crippen LogP contribution in [-0.2, 0) is 4.79 Å². The van der Waals surface area contributed by atoms with Gasteiger partial charge in [0, 0.05) is 12.5 Å². The normalized spacial score (nSPS) is 43.1. The standard InChI is InChI=1S/C6H10FNO/c1-4-5(7)2-8-6(4)3-9/h3-6,8H,2H2,1H3. The Morgan fingerprint density at radius 3 is 2.67 bits per heavy atom. The number of carbonyl (C=O) groups is 1. The summed E-state index contributed by atoms with van der Waals surface area (Å²) < 4.78 is 12.5. The number of hydrogen-bond donors (Lipinski definition) is 1. The van der Waals surface area contributed by atoms with Gasteiger partial charge >= 0.3 is 0 Å². The lowest BCUT2D eigenvalue weighted by Gasteiger charge is -2.06. The predicted octanol–water partition coefficient (Wildman–Crippen LogP) is 0.131. The van der Waals surface area contributed by atoms with Gasteiger partial charge in [0.05, 0.1) is 6.04 Å². The number of nitrogens with one attached hydrogen (secondary N) is 1. The van der Waals surface area contributed by atoms with Crippen LogP contribution in [-0.4, -0.2) is 25.0 Å². The van der Waals surface area contributed by atoms with E-state index in [0.29, 0.717) is 6.54 Å². The summed E-state index contributed by atoms with van der Waals surface area (Å²) in [6, 6.07) is -0.264. The van der Waals surface area contributed by atoms with E-state index in [1.807, 2.05) is 0 Å². The van der Waals surface area contributed by atoms with Crippen molar-refractivity contribution in [1.29, 1.82) is 0 Å². The molecule has 52 valence electrons. The predicted molar refractivity (Wildman–Crippen MR) is 31.9 cm³/mol. The van der Waals surface area contributed by atoms with Crippen LogP contribution >= 0.6 is 0 Å². The summed E-state index contributed by atoms with van der Waals surface area (Å²) in [6.45, 7) is 2.06. The van der Waals surface area contributed by atoms with Crippen molar-refractivity contribution >= 4 is 6.29 Å². The lowest BCUT2D eigenvalue weighted by Crippen LogP contribution is -2.27. The molecule has 1 rings (SSSR count). The number of halogens is 1. The molecule has 2 nitrogen and oxygen atoms in total. The molecule has 0 aromatic carbocycles. The summed E-state index contributed by atoms with van der Waals surface area (Å²) in [5.41, 5.74) is 0. The molecule has 9 heavy (non-hydrogen) atoms. The molecular weight excluding hydrogens is 121 g/mol. The van der Waals surface area contributed by atoms with Crippen molar-refractivity contribution in [3.63, 3.8) is 0 Å². The molecule has 0 radical (unpaired) electrons. The van der Waals surface area contributed by atoms with E-state index in [9.17, 15) is 9.18 Å². The summed E-state index contributed by atoms with van der Waals surface area (Å²) in [5.74, 6) is -0.150. The van der Waals surface area contributed by atoms with Gasteiger partial charge in [-0.2, -0.15) is 0 Å². The maximum absolute atomic E-state index is 12.5. The molecule has 0 aromatic heterocycles. The second kappa shape index (κ2) is 2.43. The Morgan fingerprint density at radius 2 is 2.44 bits per heavy atom. The molecule has 3 atom stereocenters. The number of alkyl halides is 1. The first-order chi connectivity index (χ1) is 4.25. The van der Waals surface area contributed by atoms with Crippen LogP contribution in [0.3, 0.4) is 0 Å². The number of aldehydes is 1. The molecule has 0 aliphatic carbocycles. The highest BCUT2D eigenvalue weighted by molar-refractivity contribution is 5.59. The molecular formula is C6H10FNO. The largest absolute Gasteiger partial charge is 0.304 e. The minimum absolute atomic E-state index is 0.150. The highest BCUT2D eigenvalue weighted by atomic mass is 19.1. The first-order valence-corrected chi connectivity index (χ1v) is 3.08. The fraction of sp³-hybridized carbons (Fsp3) is 0.833. The third kappa shape index (κ3) is 1.10. The van der Waals surface area contributed by atoms with Crippen molar-refractivity contribution in [2.75, 3.05) is 6.54 Å². The van der Waals surface area contributed by atoms with Gasteiger partial charge in [-0.1, -0.05) is 6.92 Å². The van der Waals surface area contributed by atoms with Crippen LogP contribution in [0, 0.1) is 5.92 Å². The van der Waals surface area contributed by atoms with Crippen LogP contribution in [0.5, 0.6) is 0 Å². The van der Waals surface area contributed by atoms with Gasteiger partial charge < -0.3 is 10.1 Å². The van der Waals surface area contributed by atoms with Crippen molar-refractivity contribution < 1.29 is 9.18 Å². The van der Waals surface area contributed by atoms with E-state index in [-0.39, 0.29) is 12.0 Å². The van der Waals surface area contributed by atoms with Gasteiger partial charge in [0.1, 0.15) is 12.5 Å². The molecule has 1 aliphatic rings. The maximum atomic E-state index is 12.5. The Morgan fingerprint density at radius 1 is 1.78 bits per heavy atom. The average Bonchev–Trinajstić information content (AvgIpc) is 2.15. The van der Waals surface area contributed by atoms with Crippen LogP contribution in [0.25, 0.3) is 0 Å². The van der Waals surface area contributed by atoms with Crippen molar-refractivity contribution in [2.45, 2.75) is 19.1 Å². The second-order valence-electron chi connectivity index (χ2n) is 2.45. The lowest BCUT2D eigenvalue weighted by atomic mass is 10.0. The van der Waals surface area contributed by atoms with Crippen molar-refractivity contribution in [1.82, 2.24) is 5.32 Å². The highest BCUT2D eigenvalue weighted by Crippen LogP contribution is 2.16. The summed E-state index contributed by atoms with van der Waals surface area (Å²) in [7, 11) is 0. The van der Waals surface area contributed by atoms with Crippen molar-refractivity contribution in [2.24, 2.45) is 5.92 Å². The van der Waals surface area contributed by atoms with Gasteiger partial charge in [-0.3, -0.25) is 0 Å². The molecule has 1 N–H and O–H groups in total. The summed E-state index contributed by atoms with van der Waals surface area (Å²) in [6.07, 6.45) is -0.0789. The molecule has 1 saturated heterocycles. The zero-order valence-electron chi connectivity index (χ0n) is 5.30. The minimum Gasteiger partial charge on any atom is -0.304 e. The number of carbonyl (C=O) groups excluding carboxylic acids is 1. The second-order valence-corrected chi connectivity index (χ2v) is 2.45. The van der Waals surface area contributed by atoms with E-state index in [4.69, 9.17) is 0 Å². The quantitative estimate of drug-likeness (QED) is 0.512. The minimum atomic E-state index is -0.847. The average molecular weight is 131 g/mol. The topological polar surface area (TPSA) is 29.1 Å². The van der Waals surface area contributed by atoms with Gasteiger partial charge in [0.2, 0.25) is 0 Å². The third-order valence-electron chi connectivity index (χ3n) is 1.83. The zero-order valence-corrected chi connectivity index (χ0v) is 5.30. The van der Waals surface area contributed by atoms with Gasteiger partial charge in [0.15, 0.2) is 0 Å². The van der Waals surface area contributed by atoms with Crippen LogP contribution in [0.2, 0.25) is 0 Å². The fourth-order valence-electron chi connectivity index (χ4n) is 1.02. The zero-order chi connectivity index (χ0) is 6.85. The lowest BCUT2D eigenvalue weighted by molar-refractivity contribution is -0.110.